The molecule has 32 heavy (non-hydrogen) atoms. The molecule has 5 aromatic rings. The molecule has 158 valence electrons. The van der Waals surface area contributed by atoms with Crippen LogP contribution < -0.4 is 10.9 Å². The van der Waals surface area contributed by atoms with Gasteiger partial charge in [-0.3, -0.25) is 9.59 Å². The van der Waals surface area contributed by atoms with E-state index >= 15 is 0 Å². The van der Waals surface area contributed by atoms with E-state index < -0.39 is 0 Å². The lowest BCUT2D eigenvalue weighted by Gasteiger charge is -2.11. The number of benzene rings is 3. The minimum atomic E-state index is -0.367. The molecule has 6 nitrogen and oxygen atoms in total. The molecule has 0 unspecified atom stereocenters. The van der Waals surface area contributed by atoms with Crippen molar-refractivity contribution in [3.8, 4) is 11.3 Å². The Hall–Kier alpha value is -3.84. The Morgan fingerprint density at radius 2 is 1.75 bits per heavy atom. The lowest BCUT2D eigenvalue weighted by atomic mass is 10.1. The Morgan fingerprint density at radius 1 is 1.00 bits per heavy atom. The smallest absolute Gasteiger partial charge is 0.294 e. The van der Waals surface area contributed by atoms with Crippen LogP contribution in [0.1, 0.15) is 10.6 Å². The van der Waals surface area contributed by atoms with E-state index in [0.29, 0.717) is 16.9 Å². The van der Waals surface area contributed by atoms with E-state index in [-0.39, 0.29) is 18.0 Å². The molecule has 5 rings (SSSR count). The van der Waals surface area contributed by atoms with Gasteiger partial charge < -0.3 is 5.32 Å². The molecule has 0 bridgehead atoms. The van der Waals surface area contributed by atoms with E-state index in [9.17, 15) is 9.59 Å². The first-order valence-corrected chi connectivity index (χ1v) is 11.0. The number of nitrogens with zero attached hydrogens (tertiary/aromatic N) is 3. The molecular formula is C25H20N4O2S. The van der Waals surface area contributed by atoms with Crippen LogP contribution in [0.4, 0.5) is 5.69 Å². The van der Waals surface area contributed by atoms with Crippen LogP contribution in [-0.4, -0.2) is 20.7 Å². The van der Waals surface area contributed by atoms with Crippen molar-refractivity contribution in [3.05, 3.63) is 87.7 Å². The summed E-state index contributed by atoms with van der Waals surface area (Å²) in [6.07, 6.45) is 0. The third-order valence-corrected chi connectivity index (χ3v) is 6.27. The van der Waals surface area contributed by atoms with Crippen LogP contribution in [0.25, 0.3) is 32.2 Å². The van der Waals surface area contributed by atoms with Gasteiger partial charge in [0.2, 0.25) is 5.91 Å². The lowest BCUT2D eigenvalue weighted by Crippen LogP contribution is -2.30. The second kappa shape index (κ2) is 8.01. The quantitative estimate of drug-likeness (QED) is 0.430. The minimum Gasteiger partial charge on any atom is -0.324 e. The Labute approximate surface area is 188 Å². The van der Waals surface area contributed by atoms with E-state index in [0.717, 1.165) is 31.6 Å². The molecule has 0 saturated heterocycles. The molecule has 0 aliphatic heterocycles. The maximum atomic E-state index is 13.0. The molecule has 0 fully saturated rings. The van der Waals surface area contributed by atoms with Crippen LogP contribution >= 0.6 is 11.3 Å². The first-order valence-electron chi connectivity index (χ1n) is 10.2. The fourth-order valence-corrected chi connectivity index (χ4v) is 4.65. The van der Waals surface area contributed by atoms with Crippen molar-refractivity contribution < 1.29 is 4.79 Å². The zero-order valence-electron chi connectivity index (χ0n) is 17.6. The zero-order valence-corrected chi connectivity index (χ0v) is 18.4. The molecule has 0 atom stereocenters. The summed E-state index contributed by atoms with van der Waals surface area (Å²) < 4.78 is 1.94. The Kier molecular flexibility index (Phi) is 5.03. The van der Waals surface area contributed by atoms with Gasteiger partial charge in [0.25, 0.3) is 5.56 Å². The summed E-state index contributed by atoms with van der Waals surface area (Å²) in [5.41, 5.74) is 3.35. The molecule has 2 aromatic heterocycles. The van der Waals surface area contributed by atoms with E-state index in [2.05, 4.69) is 15.4 Å². The van der Waals surface area contributed by atoms with E-state index in [1.165, 1.54) is 16.0 Å². The number of carbonyl (C=O) groups is 1. The van der Waals surface area contributed by atoms with Crippen molar-refractivity contribution in [3.63, 3.8) is 0 Å². The highest BCUT2D eigenvalue weighted by Crippen LogP contribution is 2.29. The highest BCUT2D eigenvalue weighted by atomic mass is 32.1. The van der Waals surface area contributed by atoms with Crippen LogP contribution in [0.15, 0.2) is 71.5 Å². The van der Waals surface area contributed by atoms with Gasteiger partial charge >= 0.3 is 0 Å². The molecule has 2 heterocycles. The number of carbonyl (C=O) groups excluding carboxylic acids is 1. The van der Waals surface area contributed by atoms with Gasteiger partial charge in [-0.25, -0.2) is 9.67 Å². The average molecular weight is 441 g/mol. The van der Waals surface area contributed by atoms with Crippen LogP contribution in [0, 0.1) is 13.8 Å². The number of hydrogen-bond donors (Lipinski definition) is 1. The number of hydrogen-bond acceptors (Lipinski definition) is 5. The fraction of sp³-hybridized carbons (Fsp3) is 0.120. The summed E-state index contributed by atoms with van der Waals surface area (Å²) in [4.78, 5) is 30.3. The number of rotatable bonds is 4. The van der Waals surface area contributed by atoms with E-state index in [1.54, 1.807) is 0 Å². The van der Waals surface area contributed by atoms with Crippen molar-refractivity contribution in [2.24, 2.45) is 0 Å². The molecule has 3 aromatic carbocycles. The molecule has 0 aliphatic carbocycles. The molecule has 0 saturated carbocycles. The van der Waals surface area contributed by atoms with Gasteiger partial charge in [-0.2, -0.15) is 5.10 Å². The Bertz CT molecular complexity index is 1530. The molecule has 0 radical (unpaired) electrons. The van der Waals surface area contributed by atoms with Crippen molar-refractivity contribution in [1.29, 1.82) is 0 Å². The van der Waals surface area contributed by atoms with Crippen LogP contribution in [0.2, 0.25) is 0 Å². The lowest BCUT2D eigenvalue weighted by molar-refractivity contribution is -0.117. The molecule has 0 aliphatic rings. The van der Waals surface area contributed by atoms with Gasteiger partial charge in [0.05, 0.1) is 9.71 Å². The number of fused-ring (bicyclic) bond motifs is 2. The highest BCUT2D eigenvalue weighted by Gasteiger charge is 2.18. The summed E-state index contributed by atoms with van der Waals surface area (Å²) in [6, 6.07) is 21.5. The van der Waals surface area contributed by atoms with Crippen LogP contribution in [0.5, 0.6) is 0 Å². The largest absolute Gasteiger partial charge is 0.324 e. The van der Waals surface area contributed by atoms with Gasteiger partial charge in [-0.05, 0) is 25.3 Å². The van der Waals surface area contributed by atoms with Gasteiger partial charge in [0.1, 0.15) is 12.2 Å². The SMILES string of the molecule is Cc1ccc(-c2nn(CC(=O)Nc3cccc4ccccc34)c(=O)c3nc(C)sc23)cc1. The first-order chi connectivity index (χ1) is 15.5. The topological polar surface area (TPSA) is 76.9 Å². The summed E-state index contributed by atoms with van der Waals surface area (Å²) >= 11 is 1.44. The van der Waals surface area contributed by atoms with Gasteiger partial charge in [-0.1, -0.05) is 66.2 Å². The maximum absolute atomic E-state index is 13.0. The number of amides is 1. The van der Waals surface area contributed by atoms with Crippen LogP contribution in [-0.2, 0) is 11.3 Å². The third kappa shape index (κ3) is 3.67. The van der Waals surface area contributed by atoms with Crippen LogP contribution in [0.3, 0.4) is 0 Å². The summed E-state index contributed by atoms with van der Waals surface area (Å²) in [7, 11) is 0. The maximum Gasteiger partial charge on any atom is 0.294 e. The Morgan fingerprint density at radius 3 is 2.56 bits per heavy atom. The number of anilines is 1. The minimum absolute atomic E-state index is 0.201. The number of aromatic nitrogens is 3. The average Bonchev–Trinajstić information content (AvgIpc) is 3.18. The molecular weight excluding hydrogens is 420 g/mol. The Balaban J connectivity index is 1.54. The summed E-state index contributed by atoms with van der Waals surface area (Å²) in [5, 5.41) is 10.2. The highest BCUT2D eigenvalue weighted by molar-refractivity contribution is 7.19. The van der Waals surface area contributed by atoms with E-state index in [4.69, 9.17) is 0 Å². The standard InChI is InChI=1S/C25H20N4O2S/c1-15-10-12-18(13-11-15)22-24-23(26-16(2)32-24)25(31)29(28-22)14-21(30)27-20-9-5-7-17-6-3-4-8-19(17)20/h3-13H,14H2,1-2H3,(H,27,30). The van der Waals surface area contributed by atoms with E-state index in [1.807, 2.05) is 80.6 Å². The zero-order chi connectivity index (χ0) is 22.2. The summed E-state index contributed by atoms with van der Waals surface area (Å²) in [5.74, 6) is -0.322. The predicted octanol–water partition coefficient (Wildman–Crippen LogP) is 4.93. The van der Waals surface area contributed by atoms with Gasteiger partial charge in [0, 0.05) is 16.6 Å². The van der Waals surface area contributed by atoms with Crippen molar-refractivity contribution in [2.75, 3.05) is 5.32 Å². The fourth-order valence-electron chi connectivity index (χ4n) is 3.73. The molecule has 0 spiro atoms. The van der Waals surface area contributed by atoms with Crippen molar-refractivity contribution in [1.82, 2.24) is 14.8 Å². The van der Waals surface area contributed by atoms with Gasteiger partial charge in [-0.15, -0.1) is 11.3 Å². The number of thiazole rings is 1. The van der Waals surface area contributed by atoms with Crippen molar-refractivity contribution >= 4 is 43.9 Å². The normalized spacial score (nSPS) is 11.2. The second-order valence-electron chi connectivity index (χ2n) is 7.66. The number of aryl methyl sites for hydroxylation is 2. The molecule has 1 amide bonds. The predicted molar refractivity (Wildman–Crippen MR) is 129 cm³/mol. The van der Waals surface area contributed by atoms with Crippen molar-refractivity contribution in [2.45, 2.75) is 20.4 Å². The first kappa shape index (κ1) is 20.1. The second-order valence-corrected chi connectivity index (χ2v) is 8.87. The monoisotopic (exact) mass is 440 g/mol. The van der Waals surface area contributed by atoms with Gasteiger partial charge in [0.15, 0.2) is 5.52 Å². The molecule has 1 N–H and O–H groups in total. The third-order valence-electron chi connectivity index (χ3n) is 5.29. The summed E-state index contributed by atoms with van der Waals surface area (Å²) in [6.45, 7) is 3.68. The molecule has 7 heteroatoms. The number of nitrogens with one attached hydrogen (secondary N) is 1.